The number of aliphatic carboxylic acids is 1. The van der Waals surface area contributed by atoms with Crippen LogP contribution in [-0.4, -0.2) is 37.2 Å². The predicted octanol–water partition coefficient (Wildman–Crippen LogP) is 0.941. The number of amides is 1. The summed E-state index contributed by atoms with van der Waals surface area (Å²) in [4.78, 5) is 32.7. The summed E-state index contributed by atoms with van der Waals surface area (Å²) in [6.45, 7) is 3.39. The third kappa shape index (κ3) is 4.55. The summed E-state index contributed by atoms with van der Waals surface area (Å²) >= 11 is 0. The monoisotopic (exact) mass is 298 g/mol. The van der Waals surface area contributed by atoms with E-state index in [0.29, 0.717) is 12.8 Å². The fourth-order valence-corrected chi connectivity index (χ4v) is 2.03. The van der Waals surface area contributed by atoms with Crippen LogP contribution in [0.25, 0.3) is 0 Å². The maximum absolute atomic E-state index is 12.0. The zero-order chi connectivity index (χ0) is 16.0. The lowest BCUT2D eigenvalue weighted by atomic mass is 9.89. The molecule has 0 saturated carbocycles. The van der Waals surface area contributed by atoms with Crippen LogP contribution in [0.5, 0.6) is 0 Å². The fourth-order valence-electron chi connectivity index (χ4n) is 2.03. The van der Waals surface area contributed by atoms with E-state index in [-0.39, 0.29) is 18.8 Å². The first-order chi connectivity index (χ1) is 9.81. The summed E-state index contributed by atoms with van der Waals surface area (Å²) in [5.74, 6) is -1.77. The zero-order valence-corrected chi connectivity index (χ0v) is 11.9. The summed E-state index contributed by atoms with van der Waals surface area (Å²) in [5, 5.41) is 25.8. The van der Waals surface area contributed by atoms with Crippen LogP contribution in [0.4, 0.5) is 5.82 Å². The number of hydrogen-bond acceptors (Lipinski definition) is 5. The molecule has 1 aromatic rings. The third-order valence-corrected chi connectivity index (χ3v) is 3.37. The Morgan fingerprint density at radius 1 is 1.48 bits per heavy atom. The van der Waals surface area contributed by atoms with Crippen molar-refractivity contribution in [2.24, 2.45) is 0 Å². The van der Waals surface area contributed by atoms with E-state index >= 15 is 0 Å². The number of aromatic nitrogens is 2. The lowest BCUT2D eigenvalue weighted by Gasteiger charge is -2.31. The minimum absolute atomic E-state index is 0.176. The highest BCUT2D eigenvalue weighted by atomic mass is 16.6. The first-order valence-electron chi connectivity index (χ1n) is 6.52. The van der Waals surface area contributed by atoms with Crippen molar-refractivity contribution in [3.8, 4) is 0 Å². The molecule has 21 heavy (non-hydrogen) atoms. The van der Waals surface area contributed by atoms with Gasteiger partial charge in [0.25, 0.3) is 0 Å². The molecule has 0 fully saturated rings. The highest BCUT2D eigenvalue weighted by Crippen LogP contribution is 2.20. The molecule has 116 valence electrons. The Bertz CT molecular complexity index is 536. The number of nitrogens with one attached hydrogen (secondary N) is 1. The van der Waals surface area contributed by atoms with Gasteiger partial charge >= 0.3 is 11.8 Å². The van der Waals surface area contributed by atoms with Crippen molar-refractivity contribution in [3.05, 3.63) is 22.4 Å². The summed E-state index contributed by atoms with van der Waals surface area (Å²) < 4.78 is 1.14. The molecule has 0 saturated heterocycles. The van der Waals surface area contributed by atoms with Gasteiger partial charge < -0.3 is 20.5 Å². The van der Waals surface area contributed by atoms with E-state index in [9.17, 15) is 19.7 Å². The van der Waals surface area contributed by atoms with Crippen LogP contribution >= 0.6 is 0 Å². The molecule has 0 radical (unpaired) electrons. The molecule has 0 unspecified atom stereocenters. The minimum Gasteiger partial charge on any atom is -0.481 e. The molecule has 9 nitrogen and oxygen atoms in total. The number of carboxylic acids is 1. The van der Waals surface area contributed by atoms with E-state index in [1.54, 1.807) is 13.8 Å². The van der Waals surface area contributed by atoms with Gasteiger partial charge in [0.05, 0.1) is 29.3 Å². The van der Waals surface area contributed by atoms with E-state index in [1.807, 2.05) is 0 Å². The third-order valence-electron chi connectivity index (χ3n) is 3.37. The molecule has 1 heterocycles. The summed E-state index contributed by atoms with van der Waals surface area (Å²) in [7, 11) is 0. The highest BCUT2D eigenvalue weighted by molar-refractivity contribution is 5.78. The zero-order valence-electron chi connectivity index (χ0n) is 11.9. The molecule has 0 spiro atoms. The normalized spacial score (nSPS) is 11.1. The van der Waals surface area contributed by atoms with E-state index in [1.165, 1.54) is 12.3 Å². The Kier molecular flexibility index (Phi) is 5.39. The van der Waals surface area contributed by atoms with Crippen molar-refractivity contribution >= 4 is 17.7 Å². The second-order valence-electron chi connectivity index (χ2n) is 4.73. The van der Waals surface area contributed by atoms with Crippen molar-refractivity contribution in [2.75, 3.05) is 0 Å². The number of carbonyl (C=O) groups excluding carboxylic acids is 1. The smallest absolute Gasteiger partial charge is 0.389 e. The molecular formula is C12H18N4O5. The SMILES string of the molecule is CCC(CC)(CC(=O)O)NC(=O)Cn1ccc([N+](=O)[O-])n1. The Morgan fingerprint density at radius 2 is 2.10 bits per heavy atom. The number of nitrogens with zero attached hydrogens (tertiary/aromatic N) is 3. The largest absolute Gasteiger partial charge is 0.481 e. The van der Waals surface area contributed by atoms with E-state index < -0.39 is 22.3 Å². The summed E-state index contributed by atoms with van der Waals surface area (Å²) in [5.41, 5.74) is -0.817. The van der Waals surface area contributed by atoms with Crippen LogP contribution in [0.2, 0.25) is 0 Å². The number of nitro groups is 1. The molecule has 1 rings (SSSR count). The molecule has 0 atom stereocenters. The van der Waals surface area contributed by atoms with Crippen LogP contribution in [0.1, 0.15) is 33.1 Å². The van der Waals surface area contributed by atoms with E-state index in [2.05, 4.69) is 10.4 Å². The van der Waals surface area contributed by atoms with Crippen LogP contribution in [0.15, 0.2) is 12.3 Å². The van der Waals surface area contributed by atoms with Crippen molar-refractivity contribution in [1.82, 2.24) is 15.1 Å². The van der Waals surface area contributed by atoms with E-state index in [0.717, 1.165) is 4.68 Å². The Balaban J connectivity index is 2.73. The number of rotatable bonds is 8. The van der Waals surface area contributed by atoms with Gasteiger partial charge in [0.2, 0.25) is 5.91 Å². The van der Waals surface area contributed by atoms with Gasteiger partial charge in [-0.15, -0.1) is 0 Å². The minimum atomic E-state index is -0.992. The first kappa shape index (κ1) is 16.6. The van der Waals surface area contributed by atoms with Gasteiger partial charge in [-0.1, -0.05) is 13.8 Å². The molecule has 0 aliphatic carbocycles. The Hall–Kier alpha value is -2.45. The fraction of sp³-hybridized carbons (Fsp3) is 0.583. The predicted molar refractivity (Wildman–Crippen MR) is 72.6 cm³/mol. The van der Waals surface area contributed by atoms with Crippen LogP contribution < -0.4 is 5.32 Å². The standard InChI is InChI=1S/C12H18N4O5/c1-3-12(4-2,7-11(18)19)13-10(17)8-15-6-5-9(14-15)16(20)21/h5-6H,3-4,7-8H2,1-2H3,(H,13,17)(H,18,19). The number of carboxylic acid groups (broad SMARTS) is 1. The van der Waals surface area contributed by atoms with Gasteiger partial charge in [-0.05, 0) is 17.8 Å². The quantitative estimate of drug-likeness (QED) is 0.543. The van der Waals surface area contributed by atoms with Gasteiger partial charge in [-0.25, -0.2) is 0 Å². The van der Waals surface area contributed by atoms with Crippen molar-refractivity contribution in [1.29, 1.82) is 0 Å². The molecule has 1 amide bonds. The van der Waals surface area contributed by atoms with Gasteiger partial charge in [0, 0.05) is 0 Å². The van der Waals surface area contributed by atoms with Crippen LogP contribution in [0.3, 0.4) is 0 Å². The van der Waals surface area contributed by atoms with E-state index in [4.69, 9.17) is 5.11 Å². The summed E-state index contributed by atoms with van der Waals surface area (Å²) in [6, 6.07) is 1.19. The lowest BCUT2D eigenvalue weighted by molar-refractivity contribution is -0.389. The van der Waals surface area contributed by atoms with Gasteiger partial charge in [0.1, 0.15) is 6.54 Å². The molecule has 0 aliphatic rings. The van der Waals surface area contributed by atoms with Crippen LogP contribution in [-0.2, 0) is 16.1 Å². The Labute approximate surface area is 121 Å². The van der Waals surface area contributed by atoms with Gasteiger partial charge in [-0.2, -0.15) is 4.68 Å². The number of hydrogen-bond donors (Lipinski definition) is 2. The molecule has 0 aliphatic heterocycles. The first-order valence-corrected chi connectivity index (χ1v) is 6.52. The topological polar surface area (TPSA) is 127 Å². The molecular weight excluding hydrogens is 280 g/mol. The van der Waals surface area contributed by atoms with Crippen molar-refractivity contribution in [2.45, 2.75) is 45.2 Å². The Morgan fingerprint density at radius 3 is 2.52 bits per heavy atom. The lowest BCUT2D eigenvalue weighted by Crippen LogP contribution is -2.50. The van der Waals surface area contributed by atoms with Crippen molar-refractivity contribution in [3.63, 3.8) is 0 Å². The average Bonchev–Trinajstić information content (AvgIpc) is 2.85. The average molecular weight is 298 g/mol. The second-order valence-corrected chi connectivity index (χ2v) is 4.73. The molecule has 2 N–H and O–H groups in total. The molecule has 0 aromatic carbocycles. The molecule has 0 bridgehead atoms. The maximum atomic E-state index is 12.0. The number of carbonyl (C=O) groups is 2. The van der Waals surface area contributed by atoms with Crippen LogP contribution in [0, 0.1) is 10.1 Å². The summed E-state index contributed by atoms with van der Waals surface area (Å²) in [6.07, 6.45) is 2.10. The van der Waals surface area contributed by atoms with Gasteiger partial charge in [0.15, 0.2) is 0 Å². The highest BCUT2D eigenvalue weighted by Gasteiger charge is 2.31. The van der Waals surface area contributed by atoms with Gasteiger partial charge in [-0.3, -0.25) is 9.59 Å². The molecule has 9 heteroatoms. The second kappa shape index (κ2) is 6.82. The molecule has 1 aromatic heterocycles. The van der Waals surface area contributed by atoms with Crippen molar-refractivity contribution < 1.29 is 19.6 Å². The maximum Gasteiger partial charge on any atom is 0.389 e.